The van der Waals surface area contributed by atoms with E-state index in [0.717, 1.165) is 4.90 Å². The van der Waals surface area contributed by atoms with Gasteiger partial charge in [-0.05, 0) is 18.6 Å². The number of hydrogen-bond donors (Lipinski definition) is 1. The maximum absolute atomic E-state index is 12.6. The zero-order valence-electron chi connectivity index (χ0n) is 19.9. The number of ether oxygens (including phenoxy) is 4. The first-order valence-electron chi connectivity index (χ1n) is 11.9. The quantitative estimate of drug-likeness (QED) is 0.556. The van der Waals surface area contributed by atoms with Crippen LogP contribution in [0.1, 0.15) is 33.6 Å². The van der Waals surface area contributed by atoms with Gasteiger partial charge < -0.3 is 29.2 Å². The summed E-state index contributed by atoms with van der Waals surface area (Å²) in [5.41, 5.74) is 0.766. The molecule has 2 aliphatic heterocycles. The maximum atomic E-state index is 12.6. The van der Waals surface area contributed by atoms with Gasteiger partial charge in [-0.15, -0.1) is 0 Å². The molecule has 35 heavy (non-hydrogen) atoms. The van der Waals surface area contributed by atoms with E-state index in [4.69, 9.17) is 18.9 Å². The van der Waals surface area contributed by atoms with E-state index in [1.165, 1.54) is 0 Å². The molecule has 4 amide bonds. The zero-order valence-corrected chi connectivity index (χ0v) is 19.9. The second-order valence-electron chi connectivity index (χ2n) is 8.02. The van der Waals surface area contributed by atoms with E-state index < -0.39 is 0 Å². The van der Waals surface area contributed by atoms with Crippen molar-refractivity contribution in [3.8, 4) is 0 Å². The molecule has 1 saturated heterocycles. The SMILES string of the molecule is O=C(CCCN1C(=O)c2ccccc2C1=O)NCC(=O)N1CCOCCOCCOCCOCC1. The van der Waals surface area contributed by atoms with Gasteiger partial charge in [0.2, 0.25) is 11.8 Å². The van der Waals surface area contributed by atoms with E-state index in [9.17, 15) is 19.2 Å². The minimum atomic E-state index is -0.346. The van der Waals surface area contributed by atoms with Gasteiger partial charge in [0.1, 0.15) is 0 Å². The standard InChI is InChI=1S/C24H33N3O8/c28-21(6-3-7-27-23(30)19-4-1-2-5-20(19)24(27)31)25-18-22(29)26-8-10-32-12-14-34-16-17-35-15-13-33-11-9-26/h1-2,4-5H,3,6-18H2,(H,25,28). The third kappa shape index (κ3) is 8.39. The molecule has 1 aromatic rings. The lowest BCUT2D eigenvalue weighted by Crippen LogP contribution is -2.43. The number of nitrogens with one attached hydrogen (secondary N) is 1. The van der Waals surface area contributed by atoms with Crippen molar-refractivity contribution in [3.05, 3.63) is 35.4 Å². The second-order valence-corrected chi connectivity index (χ2v) is 8.02. The first-order valence-corrected chi connectivity index (χ1v) is 11.9. The Morgan fingerprint density at radius 3 is 1.77 bits per heavy atom. The lowest BCUT2D eigenvalue weighted by molar-refractivity contribution is -0.134. The number of carbonyl (C=O) groups excluding carboxylic acids is 4. The van der Waals surface area contributed by atoms with Crippen molar-refractivity contribution in [3.63, 3.8) is 0 Å². The van der Waals surface area contributed by atoms with E-state index >= 15 is 0 Å². The Bertz CT molecular complexity index is 827. The molecule has 1 fully saturated rings. The molecule has 1 aromatic carbocycles. The monoisotopic (exact) mass is 491 g/mol. The summed E-state index contributed by atoms with van der Waals surface area (Å²) in [6, 6.07) is 6.66. The highest BCUT2D eigenvalue weighted by atomic mass is 16.6. The van der Waals surface area contributed by atoms with Crippen LogP contribution in [0.4, 0.5) is 0 Å². The van der Waals surface area contributed by atoms with Crippen LogP contribution in [0.15, 0.2) is 24.3 Å². The van der Waals surface area contributed by atoms with E-state index in [0.29, 0.717) is 83.5 Å². The summed E-state index contributed by atoms with van der Waals surface area (Å²) in [7, 11) is 0. The molecule has 2 heterocycles. The minimum absolute atomic E-state index is 0.0902. The van der Waals surface area contributed by atoms with Crippen molar-refractivity contribution in [1.29, 1.82) is 0 Å². The van der Waals surface area contributed by atoms with Gasteiger partial charge in [-0.2, -0.15) is 0 Å². The molecule has 0 spiro atoms. The molecule has 0 atom stereocenters. The first-order chi connectivity index (χ1) is 17.1. The number of hydrogen-bond acceptors (Lipinski definition) is 8. The number of fused-ring (bicyclic) bond motifs is 1. The molecule has 192 valence electrons. The number of carbonyl (C=O) groups is 4. The maximum Gasteiger partial charge on any atom is 0.261 e. The Hall–Kier alpha value is -2.86. The predicted molar refractivity (Wildman–Crippen MR) is 124 cm³/mol. The second kappa shape index (κ2) is 14.5. The van der Waals surface area contributed by atoms with Crippen LogP contribution in [-0.4, -0.2) is 112 Å². The molecule has 0 aromatic heterocycles. The Balaban J connectivity index is 1.37. The first kappa shape index (κ1) is 26.7. The van der Waals surface area contributed by atoms with Crippen molar-refractivity contribution >= 4 is 23.6 Å². The van der Waals surface area contributed by atoms with Gasteiger partial charge >= 0.3 is 0 Å². The smallest absolute Gasteiger partial charge is 0.261 e. The highest BCUT2D eigenvalue weighted by Gasteiger charge is 2.34. The zero-order chi connectivity index (χ0) is 24.9. The van der Waals surface area contributed by atoms with E-state index in [1.54, 1.807) is 29.2 Å². The molecular formula is C24H33N3O8. The third-order valence-electron chi connectivity index (χ3n) is 5.58. The molecule has 11 heteroatoms. The highest BCUT2D eigenvalue weighted by molar-refractivity contribution is 6.21. The molecule has 2 aliphatic rings. The Kier molecular flexibility index (Phi) is 11.1. The fraction of sp³-hybridized carbons (Fsp3) is 0.583. The fourth-order valence-electron chi connectivity index (χ4n) is 3.69. The van der Waals surface area contributed by atoms with E-state index in [1.807, 2.05) is 0 Å². The van der Waals surface area contributed by atoms with Crippen molar-refractivity contribution in [2.75, 3.05) is 79.0 Å². The topological polar surface area (TPSA) is 124 Å². The van der Waals surface area contributed by atoms with Crippen LogP contribution in [0.25, 0.3) is 0 Å². The third-order valence-corrected chi connectivity index (χ3v) is 5.58. The largest absolute Gasteiger partial charge is 0.377 e. The normalized spacial score (nSPS) is 18.5. The Morgan fingerprint density at radius 2 is 1.26 bits per heavy atom. The van der Waals surface area contributed by atoms with Gasteiger partial charge in [0.15, 0.2) is 0 Å². The molecular weight excluding hydrogens is 458 g/mol. The molecule has 0 radical (unpaired) electrons. The van der Waals surface area contributed by atoms with Gasteiger partial charge in [-0.25, -0.2) is 0 Å². The summed E-state index contributed by atoms with van der Waals surface area (Å²) in [6.07, 6.45) is 0.397. The summed E-state index contributed by atoms with van der Waals surface area (Å²) in [6.45, 7) is 4.14. The number of amides is 4. The van der Waals surface area contributed by atoms with Crippen molar-refractivity contribution < 1.29 is 38.1 Å². The molecule has 0 unspecified atom stereocenters. The average Bonchev–Trinajstić information content (AvgIpc) is 3.10. The summed E-state index contributed by atoms with van der Waals surface area (Å²) in [5, 5.41) is 2.62. The van der Waals surface area contributed by atoms with E-state index in [-0.39, 0.29) is 43.1 Å². The van der Waals surface area contributed by atoms with Gasteiger partial charge in [0.25, 0.3) is 11.8 Å². The van der Waals surface area contributed by atoms with Crippen LogP contribution in [0.2, 0.25) is 0 Å². The number of benzene rings is 1. The van der Waals surface area contributed by atoms with Crippen LogP contribution in [0, 0.1) is 0 Å². The minimum Gasteiger partial charge on any atom is -0.377 e. The molecule has 0 saturated carbocycles. The average molecular weight is 492 g/mol. The molecule has 1 N–H and O–H groups in total. The Labute approximate surface area is 204 Å². The summed E-state index contributed by atoms with van der Waals surface area (Å²) in [5.74, 6) is -1.26. The lowest BCUT2D eigenvalue weighted by Gasteiger charge is -2.23. The van der Waals surface area contributed by atoms with E-state index in [2.05, 4.69) is 5.32 Å². The number of rotatable bonds is 6. The van der Waals surface area contributed by atoms with Crippen molar-refractivity contribution in [1.82, 2.24) is 15.1 Å². The van der Waals surface area contributed by atoms with Crippen LogP contribution in [0.3, 0.4) is 0 Å². The number of imide groups is 1. The Morgan fingerprint density at radius 1 is 0.771 bits per heavy atom. The summed E-state index contributed by atoms with van der Waals surface area (Å²) < 4.78 is 21.8. The highest BCUT2D eigenvalue weighted by Crippen LogP contribution is 2.22. The predicted octanol–water partition coefficient (Wildman–Crippen LogP) is 0.0876. The van der Waals surface area contributed by atoms with Crippen LogP contribution < -0.4 is 5.32 Å². The van der Waals surface area contributed by atoms with Crippen LogP contribution in [0.5, 0.6) is 0 Å². The number of nitrogens with zero attached hydrogens (tertiary/aromatic N) is 2. The summed E-state index contributed by atoms with van der Waals surface area (Å²) in [4.78, 5) is 52.4. The molecule has 0 bridgehead atoms. The van der Waals surface area contributed by atoms with Gasteiger partial charge in [-0.1, -0.05) is 12.1 Å². The van der Waals surface area contributed by atoms with Crippen LogP contribution in [-0.2, 0) is 28.5 Å². The van der Waals surface area contributed by atoms with Gasteiger partial charge in [-0.3, -0.25) is 24.1 Å². The van der Waals surface area contributed by atoms with Crippen LogP contribution >= 0.6 is 0 Å². The molecule has 0 aliphatic carbocycles. The van der Waals surface area contributed by atoms with Gasteiger partial charge in [0, 0.05) is 26.1 Å². The van der Waals surface area contributed by atoms with Crippen molar-refractivity contribution in [2.24, 2.45) is 0 Å². The molecule has 3 rings (SSSR count). The lowest BCUT2D eigenvalue weighted by atomic mass is 10.1. The van der Waals surface area contributed by atoms with Crippen molar-refractivity contribution in [2.45, 2.75) is 12.8 Å². The van der Waals surface area contributed by atoms with Gasteiger partial charge in [0.05, 0.1) is 70.5 Å². The molecule has 11 nitrogen and oxygen atoms in total. The fourth-order valence-corrected chi connectivity index (χ4v) is 3.69. The summed E-state index contributed by atoms with van der Waals surface area (Å²) >= 11 is 0.